The average Bonchev–Trinajstić information content (AvgIpc) is 3.11. The number of aliphatic imine (C=N–C) groups is 2. The van der Waals surface area contributed by atoms with Crippen LogP contribution in [0.25, 0.3) is 0 Å². The lowest BCUT2D eigenvalue weighted by Gasteiger charge is -2.21. The van der Waals surface area contributed by atoms with E-state index < -0.39 is 0 Å². The molecule has 1 atom stereocenters. The fourth-order valence-corrected chi connectivity index (χ4v) is 3.39. The largest absolute Gasteiger partial charge is 0.338 e. The fourth-order valence-electron chi connectivity index (χ4n) is 2.67. The summed E-state index contributed by atoms with van der Waals surface area (Å²) in [7, 11) is 0. The minimum Gasteiger partial charge on any atom is -0.338 e. The van der Waals surface area contributed by atoms with Crippen molar-refractivity contribution in [3.63, 3.8) is 0 Å². The van der Waals surface area contributed by atoms with Gasteiger partial charge in [-0.3, -0.25) is 9.59 Å². The normalized spacial score (nSPS) is 18.9. The van der Waals surface area contributed by atoms with Gasteiger partial charge in [-0.15, -0.1) is 11.3 Å². The van der Waals surface area contributed by atoms with Crippen molar-refractivity contribution in [1.82, 2.24) is 4.90 Å². The molecule has 0 aromatic carbocycles. The van der Waals surface area contributed by atoms with E-state index in [4.69, 9.17) is 0 Å². The summed E-state index contributed by atoms with van der Waals surface area (Å²) >= 11 is 1.64. The predicted octanol–water partition coefficient (Wildman–Crippen LogP) is 3.00. The van der Waals surface area contributed by atoms with E-state index in [1.807, 2.05) is 47.6 Å². The van der Waals surface area contributed by atoms with Crippen LogP contribution in [0.4, 0.5) is 0 Å². The van der Waals surface area contributed by atoms with Crippen molar-refractivity contribution in [3.05, 3.63) is 46.7 Å². The number of nitrogens with zero attached hydrogens (tertiary/aromatic N) is 3. The number of carbonyl (C=O) groups excluding carboxylic acids is 2. The highest BCUT2D eigenvalue weighted by molar-refractivity contribution is 7.09. The zero-order valence-electron chi connectivity index (χ0n) is 13.5. The molecule has 2 amide bonds. The Balaban J connectivity index is 1.59. The van der Waals surface area contributed by atoms with Gasteiger partial charge in [0.15, 0.2) is 0 Å². The van der Waals surface area contributed by atoms with Gasteiger partial charge in [0.1, 0.15) is 11.8 Å². The van der Waals surface area contributed by atoms with Gasteiger partial charge in [-0.2, -0.15) is 4.99 Å². The molecule has 1 aromatic heterocycles. The smallest absolute Gasteiger partial charge is 0.260 e. The van der Waals surface area contributed by atoms with Crippen molar-refractivity contribution in [1.29, 1.82) is 0 Å². The van der Waals surface area contributed by atoms with Crippen molar-refractivity contribution in [2.45, 2.75) is 26.3 Å². The molecule has 0 spiro atoms. The number of amides is 2. The maximum absolute atomic E-state index is 12.4. The van der Waals surface area contributed by atoms with E-state index in [0.717, 1.165) is 4.88 Å². The molecule has 0 fully saturated rings. The Morgan fingerprint density at radius 1 is 1.33 bits per heavy atom. The second-order valence-corrected chi connectivity index (χ2v) is 6.64. The third-order valence-corrected chi connectivity index (χ3v) is 4.85. The van der Waals surface area contributed by atoms with Crippen molar-refractivity contribution in [3.8, 4) is 0 Å². The Morgan fingerprint density at radius 2 is 2.21 bits per heavy atom. The summed E-state index contributed by atoms with van der Waals surface area (Å²) in [6, 6.07) is 4.01. The van der Waals surface area contributed by atoms with Gasteiger partial charge in [-0.05, 0) is 24.4 Å². The summed E-state index contributed by atoms with van der Waals surface area (Å²) in [6.45, 7) is 3.26. The molecule has 0 saturated heterocycles. The number of rotatable bonds is 6. The highest BCUT2D eigenvalue weighted by atomic mass is 32.1. The Kier molecular flexibility index (Phi) is 5.15. The molecule has 5 nitrogen and oxygen atoms in total. The number of hydrogen-bond donors (Lipinski definition) is 0. The summed E-state index contributed by atoms with van der Waals surface area (Å²) in [5.74, 6) is -0.0522. The molecule has 124 valence electrons. The van der Waals surface area contributed by atoms with Crippen LogP contribution < -0.4 is 0 Å². The molecule has 0 bridgehead atoms. The molecule has 2 aliphatic rings. The zero-order valence-corrected chi connectivity index (χ0v) is 14.3. The van der Waals surface area contributed by atoms with Crippen LogP contribution in [-0.4, -0.2) is 34.8 Å². The third-order valence-electron chi connectivity index (χ3n) is 3.99. The van der Waals surface area contributed by atoms with Crippen molar-refractivity contribution in [2.24, 2.45) is 15.9 Å². The van der Waals surface area contributed by atoms with Crippen LogP contribution in [0, 0.1) is 5.92 Å². The molecule has 0 saturated carbocycles. The highest BCUT2D eigenvalue weighted by Crippen LogP contribution is 2.18. The SMILES string of the molecule is CCN(Cc1cccs1)C(=O)CCC1=NC(=O)C2C=CC=CC2=N1. The van der Waals surface area contributed by atoms with Crippen LogP contribution in [0.15, 0.2) is 51.8 Å². The minimum atomic E-state index is -0.361. The van der Waals surface area contributed by atoms with Crippen LogP contribution >= 0.6 is 11.3 Å². The van der Waals surface area contributed by atoms with E-state index in [1.165, 1.54) is 0 Å². The Bertz CT molecular complexity index is 744. The van der Waals surface area contributed by atoms with Crippen LogP contribution in [0.3, 0.4) is 0 Å². The average molecular weight is 341 g/mol. The summed E-state index contributed by atoms with van der Waals surface area (Å²) in [4.78, 5) is 35.9. The second kappa shape index (κ2) is 7.49. The van der Waals surface area contributed by atoms with Gasteiger partial charge in [0.25, 0.3) is 5.91 Å². The van der Waals surface area contributed by atoms with Crippen LogP contribution in [0.5, 0.6) is 0 Å². The third kappa shape index (κ3) is 3.76. The molecule has 1 aliphatic carbocycles. The molecular weight excluding hydrogens is 322 g/mol. The number of hydrogen-bond acceptors (Lipinski definition) is 4. The molecule has 1 aliphatic heterocycles. The van der Waals surface area contributed by atoms with Gasteiger partial charge in [-0.25, -0.2) is 4.99 Å². The number of amidine groups is 1. The maximum Gasteiger partial charge on any atom is 0.260 e. The quantitative estimate of drug-likeness (QED) is 0.798. The van der Waals surface area contributed by atoms with Gasteiger partial charge in [0, 0.05) is 24.3 Å². The molecule has 1 unspecified atom stereocenters. The summed E-state index contributed by atoms with van der Waals surface area (Å²) < 4.78 is 0. The highest BCUT2D eigenvalue weighted by Gasteiger charge is 2.26. The first-order chi connectivity index (χ1) is 11.7. The number of allylic oxidation sites excluding steroid dienone is 3. The van der Waals surface area contributed by atoms with Crippen molar-refractivity contribution < 1.29 is 9.59 Å². The van der Waals surface area contributed by atoms with Gasteiger partial charge in [0.2, 0.25) is 5.91 Å². The van der Waals surface area contributed by atoms with Crippen LogP contribution in [-0.2, 0) is 16.1 Å². The molecule has 6 heteroatoms. The van der Waals surface area contributed by atoms with Crippen molar-refractivity contribution >= 4 is 34.7 Å². The van der Waals surface area contributed by atoms with E-state index in [2.05, 4.69) is 9.98 Å². The van der Waals surface area contributed by atoms with Crippen molar-refractivity contribution in [2.75, 3.05) is 6.54 Å². The van der Waals surface area contributed by atoms with Crippen LogP contribution in [0.1, 0.15) is 24.6 Å². The minimum absolute atomic E-state index is 0.0578. The van der Waals surface area contributed by atoms with Gasteiger partial charge >= 0.3 is 0 Å². The molecular formula is C18H19N3O2S. The standard InChI is InChI=1S/C18H19N3O2S/c1-2-21(12-13-6-5-11-24-13)17(22)10-9-16-19-15-8-4-3-7-14(15)18(23)20-16/h3-8,11,14H,2,9-10,12H2,1H3. The first-order valence-corrected chi connectivity index (χ1v) is 8.90. The summed E-state index contributed by atoms with van der Waals surface area (Å²) in [6.07, 6.45) is 8.01. The first kappa shape index (κ1) is 16.5. The molecule has 0 radical (unpaired) electrons. The van der Waals surface area contributed by atoms with Gasteiger partial charge in [-0.1, -0.05) is 24.3 Å². The molecule has 24 heavy (non-hydrogen) atoms. The molecule has 0 N–H and O–H groups in total. The topological polar surface area (TPSA) is 62.1 Å². The lowest BCUT2D eigenvalue weighted by Crippen LogP contribution is -2.31. The first-order valence-electron chi connectivity index (χ1n) is 8.02. The second-order valence-electron chi connectivity index (χ2n) is 5.61. The Hall–Kier alpha value is -2.34. The number of fused-ring (bicyclic) bond motifs is 1. The van der Waals surface area contributed by atoms with E-state index in [0.29, 0.717) is 37.5 Å². The van der Waals surface area contributed by atoms with Crippen LogP contribution in [0.2, 0.25) is 0 Å². The molecule has 1 aromatic rings. The fraction of sp³-hybridized carbons (Fsp3) is 0.333. The zero-order chi connectivity index (χ0) is 16.9. The predicted molar refractivity (Wildman–Crippen MR) is 96.3 cm³/mol. The van der Waals surface area contributed by atoms with E-state index >= 15 is 0 Å². The Labute approximate surface area is 145 Å². The van der Waals surface area contributed by atoms with E-state index in [9.17, 15) is 9.59 Å². The Morgan fingerprint density at radius 3 is 2.96 bits per heavy atom. The van der Waals surface area contributed by atoms with E-state index in [-0.39, 0.29) is 17.7 Å². The number of carbonyl (C=O) groups is 2. The summed E-state index contributed by atoms with van der Waals surface area (Å²) in [5.41, 5.74) is 0.714. The molecule has 3 rings (SSSR count). The monoisotopic (exact) mass is 341 g/mol. The lowest BCUT2D eigenvalue weighted by molar-refractivity contribution is -0.131. The molecule has 2 heterocycles. The lowest BCUT2D eigenvalue weighted by atomic mass is 9.96. The van der Waals surface area contributed by atoms with Gasteiger partial charge in [0.05, 0.1) is 12.3 Å². The van der Waals surface area contributed by atoms with E-state index in [1.54, 1.807) is 17.4 Å². The maximum atomic E-state index is 12.4. The number of thiophene rings is 1. The van der Waals surface area contributed by atoms with Gasteiger partial charge < -0.3 is 4.90 Å². The summed E-state index contributed by atoms with van der Waals surface area (Å²) in [5, 5.41) is 2.01.